The highest BCUT2D eigenvalue weighted by Crippen LogP contribution is 2.50. The number of aliphatic hydroxyl groups excluding tert-OH is 2. The molecule has 1 fully saturated rings. The zero-order valence-electron chi connectivity index (χ0n) is 8.93. The van der Waals surface area contributed by atoms with Gasteiger partial charge in [0.1, 0.15) is 0 Å². The second-order valence-electron chi connectivity index (χ2n) is 4.97. The van der Waals surface area contributed by atoms with Crippen LogP contribution in [0.4, 0.5) is 0 Å². The summed E-state index contributed by atoms with van der Waals surface area (Å²) in [5.41, 5.74) is -1.37. The van der Waals surface area contributed by atoms with Gasteiger partial charge in [0.05, 0.1) is 19.1 Å². The fourth-order valence-electron chi connectivity index (χ4n) is 2.61. The Kier molecular flexibility index (Phi) is 2.17. The van der Waals surface area contributed by atoms with Crippen molar-refractivity contribution >= 4 is 5.97 Å². The van der Waals surface area contributed by atoms with Gasteiger partial charge in [0, 0.05) is 11.3 Å². The van der Waals surface area contributed by atoms with Gasteiger partial charge in [-0.1, -0.05) is 19.9 Å². The van der Waals surface area contributed by atoms with Gasteiger partial charge in [0.2, 0.25) is 0 Å². The SMILES string of the molecule is CC1(C)[C@H](O)C=C[C@]2(CO)OC(=O)C[C@@H]12. The molecule has 0 radical (unpaired) electrons. The van der Waals surface area contributed by atoms with E-state index in [2.05, 4.69) is 0 Å². The average Bonchev–Trinajstić information content (AvgIpc) is 2.52. The molecule has 0 spiro atoms. The molecule has 4 nitrogen and oxygen atoms in total. The number of ether oxygens (including phenoxy) is 1. The van der Waals surface area contributed by atoms with Crippen LogP contribution in [0.5, 0.6) is 0 Å². The van der Waals surface area contributed by atoms with E-state index in [1.807, 2.05) is 13.8 Å². The van der Waals surface area contributed by atoms with E-state index in [1.54, 1.807) is 12.2 Å². The van der Waals surface area contributed by atoms with E-state index >= 15 is 0 Å². The summed E-state index contributed by atoms with van der Waals surface area (Å²) < 4.78 is 5.20. The number of rotatable bonds is 1. The van der Waals surface area contributed by atoms with Crippen LogP contribution in [0.2, 0.25) is 0 Å². The lowest BCUT2D eigenvalue weighted by Gasteiger charge is -2.44. The molecule has 1 saturated heterocycles. The Hall–Kier alpha value is -0.870. The largest absolute Gasteiger partial charge is 0.452 e. The smallest absolute Gasteiger partial charge is 0.307 e. The number of hydrogen-bond donors (Lipinski definition) is 2. The molecule has 2 aliphatic rings. The quantitative estimate of drug-likeness (QED) is 0.482. The number of carbonyl (C=O) groups is 1. The van der Waals surface area contributed by atoms with Crippen molar-refractivity contribution in [2.24, 2.45) is 11.3 Å². The second kappa shape index (κ2) is 3.06. The Labute approximate surface area is 88.6 Å². The summed E-state index contributed by atoms with van der Waals surface area (Å²) in [5, 5.41) is 19.2. The standard InChI is InChI=1S/C11H16O4/c1-10(2)7-5-9(14)15-11(7,6-12)4-3-8(10)13/h3-4,7-8,12-13H,5-6H2,1-2H3/t7-,8+,11+/m0/s1. The van der Waals surface area contributed by atoms with Crippen LogP contribution in [0, 0.1) is 11.3 Å². The van der Waals surface area contributed by atoms with Gasteiger partial charge in [-0.05, 0) is 6.08 Å². The van der Waals surface area contributed by atoms with Gasteiger partial charge in [-0.15, -0.1) is 0 Å². The van der Waals surface area contributed by atoms with E-state index in [-0.39, 0.29) is 24.9 Å². The van der Waals surface area contributed by atoms with Crippen molar-refractivity contribution in [3.05, 3.63) is 12.2 Å². The number of carbonyl (C=O) groups excluding carboxylic acids is 1. The average molecular weight is 212 g/mol. The summed E-state index contributed by atoms with van der Waals surface area (Å²) in [5.74, 6) is -0.469. The zero-order chi connectivity index (χ0) is 11.3. The first-order valence-electron chi connectivity index (χ1n) is 5.12. The van der Waals surface area contributed by atoms with Crippen LogP contribution in [0.3, 0.4) is 0 Å². The summed E-state index contributed by atoms with van der Waals surface area (Å²) in [6, 6.07) is 0. The molecule has 0 aromatic carbocycles. The van der Waals surface area contributed by atoms with Crippen LogP contribution in [0.25, 0.3) is 0 Å². The predicted octanol–water partition coefficient (Wildman–Crippen LogP) is 0.238. The Morgan fingerprint density at radius 3 is 2.87 bits per heavy atom. The van der Waals surface area contributed by atoms with Gasteiger partial charge >= 0.3 is 5.97 Å². The Morgan fingerprint density at radius 1 is 1.60 bits per heavy atom. The first-order chi connectivity index (χ1) is 6.92. The van der Waals surface area contributed by atoms with E-state index < -0.39 is 17.1 Å². The van der Waals surface area contributed by atoms with Gasteiger partial charge in [0.15, 0.2) is 5.60 Å². The highest BCUT2D eigenvalue weighted by Gasteiger charge is 2.57. The summed E-state index contributed by atoms with van der Waals surface area (Å²) in [6.07, 6.45) is 2.88. The lowest BCUT2D eigenvalue weighted by Crippen LogP contribution is -2.51. The lowest BCUT2D eigenvalue weighted by atomic mass is 9.63. The van der Waals surface area contributed by atoms with Gasteiger partial charge in [-0.3, -0.25) is 4.79 Å². The molecule has 0 aromatic heterocycles. The maximum Gasteiger partial charge on any atom is 0.307 e. The number of hydrogen-bond acceptors (Lipinski definition) is 4. The summed E-state index contributed by atoms with van der Waals surface area (Å²) >= 11 is 0. The summed E-state index contributed by atoms with van der Waals surface area (Å²) in [6.45, 7) is 3.55. The van der Waals surface area contributed by atoms with E-state index in [0.717, 1.165) is 0 Å². The van der Waals surface area contributed by atoms with Crippen molar-refractivity contribution in [1.29, 1.82) is 0 Å². The molecule has 1 aliphatic heterocycles. The minimum Gasteiger partial charge on any atom is -0.452 e. The van der Waals surface area contributed by atoms with Gasteiger partial charge in [-0.2, -0.15) is 0 Å². The molecule has 0 unspecified atom stereocenters. The molecule has 0 aromatic rings. The van der Waals surface area contributed by atoms with Crippen LogP contribution >= 0.6 is 0 Å². The van der Waals surface area contributed by atoms with Gasteiger partial charge < -0.3 is 14.9 Å². The molecule has 0 saturated carbocycles. The third-order valence-electron chi connectivity index (χ3n) is 3.73. The Bertz CT molecular complexity index is 321. The second-order valence-corrected chi connectivity index (χ2v) is 4.97. The van der Waals surface area contributed by atoms with Crippen LogP contribution < -0.4 is 0 Å². The fraction of sp³-hybridized carbons (Fsp3) is 0.727. The third-order valence-corrected chi connectivity index (χ3v) is 3.73. The molecule has 15 heavy (non-hydrogen) atoms. The van der Waals surface area contributed by atoms with Crippen LogP contribution in [-0.4, -0.2) is 34.5 Å². The van der Waals surface area contributed by atoms with Crippen LogP contribution in [0.1, 0.15) is 20.3 Å². The monoisotopic (exact) mass is 212 g/mol. The minimum atomic E-state index is -0.917. The minimum absolute atomic E-state index is 0.164. The van der Waals surface area contributed by atoms with E-state index in [4.69, 9.17) is 4.74 Å². The van der Waals surface area contributed by atoms with E-state index in [0.29, 0.717) is 0 Å². The first-order valence-corrected chi connectivity index (χ1v) is 5.12. The third kappa shape index (κ3) is 1.32. The molecule has 84 valence electrons. The topological polar surface area (TPSA) is 66.8 Å². The number of fused-ring (bicyclic) bond motifs is 1. The predicted molar refractivity (Wildman–Crippen MR) is 52.9 cm³/mol. The molecule has 1 heterocycles. The maximum atomic E-state index is 11.3. The van der Waals surface area contributed by atoms with Crippen LogP contribution in [-0.2, 0) is 9.53 Å². The lowest BCUT2D eigenvalue weighted by molar-refractivity contribution is -0.151. The van der Waals surface area contributed by atoms with Gasteiger partial charge in [-0.25, -0.2) is 0 Å². The van der Waals surface area contributed by atoms with Crippen molar-refractivity contribution in [2.75, 3.05) is 6.61 Å². The Balaban J connectivity index is 2.45. The summed E-state index contributed by atoms with van der Waals surface area (Å²) in [4.78, 5) is 11.3. The normalized spacial score (nSPS) is 42.5. The van der Waals surface area contributed by atoms with Crippen molar-refractivity contribution < 1.29 is 19.7 Å². The van der Waals surface area contributed by atoms with Crippen molar-refractivity contribution in [3.8, 4) is 0 Å². The summed E-state index contributed by atoms with van der Waals surface area (Å²) in [7, 11) is 0. The molecule has 0 amide bonds. The van der Waals surface area contributed by atoms with Gasteiger partial charge in [0.25, 0.3) is 0 Å². The first kappa shape index (κ1) is 10.6. The zero-order valence-corrected chi connectivity index (χ0v) is 8.93. The van der Waals surface area contributed by atoms with Crippen LogP contribution in [0.15, 0.2) is 12.2 Å². The number of aliphatic hydroxyl groups is 2. The van der Waals surface area contributed by atoms with E-state index in [9.17, 15) is 15.0 Å². The molecule has 4 heteroatoms. The van der Waals surface area contributed by atoms with Crippen molar-refractivity contribution in [3.63, 3.8) is 0 Å². The maximum absolute atomic E-state index is 11.3. The molecular formula is C11H16O4. The highest BCUT2D eigenvalue weighted by molar-refractivity contribution is 5.74. The highest BCUT2D eigenvalue weighted by atomic mass is 16.6. The van der Waals surface area contributed by atoms with Crippen molar-refractivity contribution in [1.82, 2.24) is 0 Å². The number of esters is 1. The Morgan fingerprint density at radius 2 is 2.27 bits per heavy atom. The molecule has 0 bridgehead atoms. The van der Waals surface area contributed by atoms with E-state index in [1.165, 1.54) is 0 Å². The molecule has 3 atom stereocenters. The fourth-order valence-corrected chi connectivity index (χ4v) is 2.61. The molecule has 1 aliphatic carbocycles. The molecule has 2 N–H and O–H groups in total. The molecule has 2 rings (SSSR count). The van der Waals surface area contributed by atoms with Crippen molar-refractivity contribution in [2.45, 2.75) is 32.0 Å². The molecular weight excluding hydrogens is 196 g/mol.